The lowest BCUT2D eigenvalue weighted by molar-refractivity contribution is 0.518. The highest BCUT2D eigenvalue weighted by atomic mass is 19.1. The number of rotatable bonds is 4. The summed E-state index contributed by atoms with van der Waals surface area (Å²) in [6.45, 7) is 8.27. The molecule has 0 unspecified atom stereocenters. The number of hydrogen-bond acceptors (Lipinski definition) is 1. The van der Waals surface area contributed by atoms with E-state index in [1.807, 2.05) is 36.9 Å². The second kappa shape index (κ2) is 5.55. The summed E-state index contributed by atoms with van der Waals surface area (Å²) in [7, 11) is 0. The van der Waals surface area contributed by atoms with E-state index < -0.39 is 0 Å². The Bertz CT molecular complexity index is 570. The smallest absolute Gasteiger partial charge is 0.127 e. The number of nitrogens with zero attached hydrogens (tertiary/aromatic N) is 2. The maximum Gasteiger partial charge on any atom is 0.127 e. The molecule has 0 N–H and O–H groups in total. The van der Waals surface area contributed by atoms with Crippen LogP contribution in [-0.2, 0) is 12.8 Å². The zero-order valence-corrected chi connectivity index (χ0v) is 12.1. The normalized spacial score (nSPS) is 11.3. The van der Waals surface area contributed by atoms with Gasteiger partial charge in [0, 0.05) is 18.2 Å². The van der Waals surface area contributed by atoms with Gasteiger partial charge in [0.2, 0.25) is 0 Å². The van der Waals surface area contributed by atoms with Gasteiger partial charge in [-0.05, 0) is 49.9 Å². The van der Waals surface area contributed by atoms with Crippen LogP contribution in [0.5, 0.6) is 0 Å². The van der Waals surface area contributed by atoms with Crippen LogP contribution in [0.4, 0.5) is 4.39 Å². The topological polar surface area (TPSA) is 17.8 Å². The predicted octanol–water partition coefficient (Wildman–Crippen LogP) is 4.06. The zero-order valence-electron chi connectivity index (χ0n) is 12.1. The number of benzene rings is 1. The van der Waals surface area contributed by atoms with Crippen molar-refractivity contribution in [2.24, 2.45) is 0 Å². The summed E-state index contributed by atoms with van der Waals surface area (Å²) in [6.07, 6.45) is 3.32. The van der Waals surface area contributed by atoms with Crippen LogP contribution < -0.4 is 0 Å². The number of hydrogen-bond donors (Lipinski definition) is 0. The Balaban J connectivity index is 2.26. The standard InChI is InChI=1S/C16H21FN2/c1-5-13-6-7-14(16(17)8-13)9-15-10-18-19(11(2)3)12(15)4/h6-8,10-11H,5,9H2,1-4H3. The molecule has 19 heavy (non-hydrogen) atoms. The summed E-state index contributed by atoms with van der Waals surface area (Å²) >= 11 is 0. The van der Waals surface area contributed by atoms with E-state index in [1.165, 1.54) is 0 Å². The van der Waals surface area contributed by atoms with Crippen molar-refractivity contribution in [3.05, 3.63) is 52.6 Å². The Morgan fingerprint density at radius 3 is 2.53 bits per heavy atom. The molecule has 0 radical (unpaired) electrons. The van der Waals surface area contributed by atoms with E-state index in [0.717, 1.165) is 28.8 Å². The third kappa shape index (κ3) is 2.86. The summed E-state index contributed by atoms with van der Waals surface area (Å²) in [6, 6.07) is 5.86. The monoisotopic (exact) mass is 260 g/mol. The van der Waals surface area contributed by atoms with Crippen molar-refractivity contribution >= 4 is 0 Å². The molecule has 0 atom stereocenters. The van der Waals surface area contributed by atoms with Crippen molar-refractivity contribution in [3.8, 4) is 0 Å². The van der Waals surface area contributed by atoms with Gasteiger partial charge in [-0.15, -0.1) is 0 Å². The maximum atomic E-state index is 14.0. The van der Waals surface area contributed by atoms with Crippen LogP contribution >= 0.6 is 0 Å². The Labute approximate surface area is 114 Å². The molecule has 0 aliphatic carbocycles. The van der Waals surface area contributed by atoms with Crippen LogP contribution in [0.2, 0.25) is 0 Å². The summed E-state index contributed by atoms with van der Waals surface area (Å²) in [4.78, 5) is 0. The van der Waals surface area contributed by atoms with Gasteiger partial charge in [-0.25, -0.2) is 4.39 Å². The van der Waals surface area contributed by atoms with Crippen molar-refractivity contribution in [2.45, 2.75) is 46.6 Å². The lowest BCUT2D eigenvalue weighted by Gasteiger charge is -2.09. The molecule has 3 heteroatoms. The molecule has 0 saturated carbocycles. The van der Waals surface area contributed by atoms with Crippen LogP contribution in [0, 0.1) is 12.7 Å². The molecule has 2 nitrogen and oxygen atoms in total. The summed E-state index contributed by atoms with van der Waals surface area (Å²) in [5.74, 6) is -0.115. The van der Waals surface area contributed by atoms with Crippen molar-refractivity contribution in [3.63, 3.8) is 0 Å². The van der Waals surface area contributed by atoms with Crippen LogP contribution in [0.1, 0.15) is 49.2 Å². The quantitative estimate of drug-likeness (QED) is 0.810. The SMILES string of the molecule is CCc1ccc(Cc2cnn(C(C)C)c2C)c(F)c1. The molecule has 1 heterocycles. The Hall–Kier alpha value is -1.64. The average molecular weight is 260 g/mol. The fourth-order valence-corrected chi connectivity index (χ4v) is 2.31. The molecule has 102 valence electrons. The molecule has 1 aromatic heterocycles. The molecule has 0 aliphatic heterocycles. The zero-order chi connectivity index (χ0) is 14.0. The first kappa shape index (κ1) is 13.8. The molecular weight excluding hydrogens is 239 g/mol. The lowest BCUT2D eigenvalue weighted by Crippen LogP contribution is -2.05. The van der Waals surface area contributed by atoms with Gasteiger partial charge >= 0.3 is 0 Å². The van der Waals surface area contributed by atoms with E-state index >= 15 is 0 Å². The van der Waals surface area contributed by atoms with Crippen LogP contribution in [0.3, 0.4) is 0 Å². The van der Waals surface area contributed by atoms with E-state index in [-0.39, 0.29) is 5.82 Å². The summed E-state index contributed by atoms with van der Waals surface area (Å²) in [5.41, 5.74) is 3.99. The van der Waals surface area contributed by atoms with E-state index in [4.69, 9.17) is 0 Å². The Morgan fingerprint density at radius 2 is 2.00 bits per heavy atom. The highest BCUT2D eigenvalue weighted by Crippen LogP contribution is 2.19. The first-order valence-electron chi connectivity index (χ1n) is 6.83. The molecule has 0 saturated heterocycles. The number of halogens is 1. The van der Waals surface area contributed by atoms with Gasteiger partial charge in [0.1, 0.15) is 5.82 Å². The molecule has 0 bridgehead atoms. The molecule has 0 amide bonds. The fraction of sp³-hybridized carbons (Fsp3) is 0.438. The molecule has 2 aromatic rings. The van der Waals surface area contributed by atoms with E-state index in [9.17, 15) is 4.39 Å². The van der Waals surface area contributed by atoms with Gasteiger partial charge in [-0.3, -0.25) is 4.68 Å². The van der Waals surface area contributed by atoms with Gasteiger partial charge in [-0.1, -0.05) is 19.1 Å². The first-order valence-corrected chi connectivity index (χ1v) is 6.83. The number of aryl methyl sites for hydroxylation is 1. The molecule has 2 rings (SSSR count). The third-order valence-corrected chi connectivity index (χ3v) is 3.54. The van der Waals surface area contributed by atoms with Crippen LogP contribution in [0.25, 0.3) is 0 Å². The molecule has 0 spiro atoms. The fourth-order valence-electron chi connectivity index (χ4n) is 2.31. The van der Waals surface area contributed by atoms with Gasteiger partial charge in [-0.2, -0.15) is 5.10 Å². The highest BCUT2D eigenvalue weighted by molar-refractivity contribution is 5.31. The molecule has 1 aromatic carbocycles. The van der Waals surface area contributed by atoms with E-state index in [1.54, 1.807) is 6.07 Å². The maximum absolute atomic E-state index is 14.0. The summed E-state index contributed by atoms with van der Waals surface area (Å²) in [5, 5.41) is 4.37. The van der Waals surface area contributed by atoms with Gasteiger partial charge in [0.25, 0.3) is 0 Å². The first-order chi connectivity index (χ1) is 9.02. The lowest BCUT2D eigenvalue weighted by atomic mass is 10.0. The van der Waals surface area contributed by atoms with Crippen LogP contribution in [0.15, 0.2) is 24.4 Å². The largest absolute Gasteiger partial charge is 0.267 e. The van der Waals surface area contributed by atoms with Gasteiger partial charge < -0.3 is 0 Å². The Morgan fingerprint density at radius 1 is 1.26 bits per heavy atom. The van der Waals surface area contributed by atoms with Crippen molar-refractivity contribution < 1.29 is 4.39 Å². The molecular formula is C16H21FN2. The second-order valence-corrected chi connectivity index (χ2v) is 5.25. The third-order valence-electron chi connectivity index (χ3n) is 3.54. The molecule has 0 fully saturated rings. The van der Waals surface area contributed by atoms with Gasteiger partial charge in [0.05, 0.1) is 6.20 Å². The Kier molecular flexibility index (Phi) is 4.03. The van der Waals surface area contributed by atoms with Crippen LogP contribution in [-0.4, -0.2) is 9.78 Å². The van der Waals surface area contributed by atoms with Crippen molar-refractivity contribution in [2.75, 3.05) is 0 Å². The minimum absolute atomic E-state index is 0.115. The van der Waals surface area contributed by atoms with Crippen molar-refractivity contribution in [1.29, 1.82) is 0 Å². The highest BCUT2D eigenvalue weighted by Gasteiger charge is 2.11. The van der Waals surface area contributed by atoms with E-state index in [0.29, 0.717) is 12.5 Å². The van der Waals surface area contributed by atoms with Gasteiger partial charge in [0.15, 0.2) is 0 Å². The predicted molar refractivity (Wildman–Crippen MR) is 75.9 cm³/mol. The van der Waals surface area contributed by atoms with Crippen molar-refractivity contribution in [1.82, 2.24) is 9.78 Å². The second-order valence-electron chi connectivity index (χ2n) is 5.25. The number of aromatic nitrogens is 2. The average Bonchev–Trinajstić information content (AvgIpc) is 2.73. The minimum atomic E-state index is -0.115. The van der Waals surface area contributed by atoms with E-state index in [2.05, 4.69) is 18.9 Å². The molecule has 0 aliphatic rings. The minimum Gasteiger partial charge on any atom is -0.267 e. The summed E-state index contributed by atoms with van der Waals surface area (Å²) < 4.78 is 16.0.